The highest BCUT2D eigenvalue weighted by molar-refractivity contribution is 5.81. The van der Waals surface area contributed by atoms with Gasteiger partial charge in [0.1, 0.15) is 5.75 Å². The predicted molar refractivity (Wildman–Crippen MR) is 105 cm³/mol. The van der Waals surface area contributed by atoms with Crippen LogP contribution in [0.3, 0.4) is 0 Å². The number of ether oxygens (including phenoxy) is 1. The molecule has 1 saturated carbocycles. The van der Waals surface area contributed by atoms with Gasteiger partial charge in [0.05, 0.1) is 18.3 Å². The van der Waals surface area contributed by atoms with E-state index in [4.69, 9.17) is 4.74 Å². The highest BCUT2D eigenvalue weighted by Crippen LogP contribution is 2.27. The first-order valence-corrected chi connectivity index (χ1v) is 9.07. The van der Waals surface area contributed by atoms with Crippen LogP contribution in [0, 0.1) is 17.8 Å². The van der Waals surface area contributed by atoms with E-state index in [9.17, 15) is 4.79 Å². The first-order valence-electron chi connectivity index (χ1n) is 9.07. The third-order valence-corrected chi connectivity index (χ3v) is 5.00. The molecule has 0 unspecified atom stereocenters. The number of hydrogen-bond donors (Lipinski definition) is 0. The van der Waals surface area contributed by atoms with Crippen LogP contribution in [0.4, 0.5) is 0 Å². The molecule has 3 aromatic rings. The molecule has 0 N–H and O–H groups in total. The second kappa shape index (κ2) is 7.09. The van der Waals surface area contributed by atoms with Crippen molar-refractivity contribution in [2.75, 3.05) is 7.11 Å². The number of methoxy groups -OCH3 is 1. The quantitative estimate of drug-likeness (QED) is 0.640. The molecule has 0 radical (unpaired) electrons. The van der Waals surface area contributed by atoms with E-state index in [1.165, 1.54) is 25.7 Å². The van der Waals surface area contributed by atoms with E-state index in [2.05, 4.69) is 11.8 Å². The van der Waals surface area contributed by atoms with Crippen molar-refractivity contribution in [2.24, 2.45) is 5.92 Å². The lowest BCUT2D eigenvalue weighted by Gasteiger charge is -2.14. The summed E-state index contributed by atoms with van der Waals surface area (Å²) in [4.78, 5) is 12.7. The van der Waals surface area contributed by atoms with Crippen molar-refractivity contribution < 1.29 is 4.74 Å². The van der Waals surface area contributed by atoms with Crippen LogP contribution in [-0.4, -0.2) is 11.7 Å². The number of benzene rings is 2. The molecular weight excluding hydrogens is 322 g/mol. The van der Waals surface area contributed by atoms with Crippen molar-refractivity contribution in [3.8, 4) is 23.3 Å². The van der Waals surface area contributed by atoms with Gasteiger partial charge in [0.2, 0.25) is 0 Å². The zero-order valence-electron chi connectivity index (χ0n) is 14.9. The summed E-state index contributed by atoms with van der Waals surface area (Å²) in [6.07, 6.45) is 4.94. The number of nitrogens with zero attached hydrogens (tertiary/aromatic N) is 1. The van der Waals surface area contributed by atoms with E-state index in [1.807, 2.05) is 48.5 Å². The van der Waals surface area contributed by atoms with Crippen LogP contribution >= 0.6 is 0 Å². The fourth-order valence-corrected chi connectivity index (χ4v) is 3.63. The van der Waals surface area contributed by atoms with Gasteiger partial charge < -0.3 is 4.74 Å². The Hall–Kier alpha value is -2.99. The summed E-state index contributed by atoms with van der Waals surface area (Å²) in [5.74, 6) is 7.84. The molecule has 1 heterocycles. The molecule has 26 heavy (non-hydrogen) atoms. The summed E-state index contributed by atoms with van der Waals surface area (Å²) >= 11 is 0. The second-order valence-corrected chi connectivity index (χ2v) is 6.70. The molecule has 0 aliphatic heterocycles. The third kappa shape index (κ3) is 3.11. The van der Waals surface area contributed by atoms with Crippen LogP contribution < -0.4 is 10.3 Å². The van der Waals surface area contributed by atoms with E-state index >= 15 is 0 Å². The monoisotopic (exact) mass is 343 g/mol. The van der Waals surface area contributed by atoms with E-state index < -0.39 is 0 Å². The first kappa shape index (κ1) is 16.5. The van der Waals surface area contributed by atoms with E-state index in [0.29, 0.717) is 11.7 Å². The molecule has 0 saturated heterocycles. The standard InChI is InChI=1S/C23H21NO2/c1-26-22-14-12-18(11-10-17-6-2-3-7-17)16-21(22)24-20-9-5-4-8-19(20)13-15-23(24)25/h4-5,8-9,12-17H,2-3,6-7H2,1H3. The van der Waals surface area contributed by atoms with Gasteiger partial charge in [0.25, 0.3) is 5.56 Å². The minimum atomic E-state index is -0.0806. The Morgan fingerprint density at radius 2 is 1.85 bits per heavy atom. The normalized spacial score (nSPS) is 14.2. The Kier molecular flexibility index (Phi) is 4.50. The molecule has 0 bridgehead atoms. The van der Waals surface area contributed by atoms with Gasteiger partial charge in [-0.3, -0.25) is 9.36 Å². The number of para-hydroxylation sites is 1. The molecule has 1 aromatic heterocycles. The van der Waals surface area contributed by atoms with Gasteiger partial charge in [-0.15, -0.1) is 0 Å². The lowest BCUT2D eigenvalue weighted by atomic mass is 10.1. The fourth-order valence-electron chi connectivity index (χ4n) is 3.63. The molecule has 3 heteroatoms. The van der Waals surface area contributed by atoms with E-state index in [-0.39, 0.29) is 5.56 Å². The van der Waals surface area contributed by atoms with Gasteiger partial charge in [-0.2, -0.15) is 0 Å². The Bertz CT molecular complexity index is 1060. The summed E-state index contributed by atoms with van der Waals surface area (Å²) in [5, 5.41) is 1.01. The predicted octanol–water partition coefficient (Wildman–Crippen LogP) is 4.54. The average molecular weight is 343 g/mol. The molecular formula is C23H21NO2. The molecule has 2 aromatic carbocycles. The van der Waals surface area contributed by atoms with Crippen molar-refractivity contribution in [3.63, 3.8) is 0 Å². The molecule has 1 fully saturated rings. The van der Waals surface area contributed by atoms with Gasteiger partial charge in [0, 0.05) is 17.5 Å². The lowest BCUT2D eigenvalue weighted by molar-refractivity contribution is 0.413. The van der Waals surface area contributed by atoms with Crippen molar-refractivity contribution in [2.45, 2.75) is 25.7 Å². The number of fused-ring (bicyclic) bond motifs is 1. The second-order valence-electron chi connectivity index (χ2n) is 6.70. The molecule has 0 atom stereocenters. The Balaban J connectivity index is 1.87. The molecule has 3 nitrogen and oxygen atoms in total. The maximum Gasteiger partial charge on any atom is 0.255 e. The fraction of sp³-hybridized carbons (Fsp3) is 0.261. The van der Waals surface area contributed by atoms with Crippen LogP contribution in [-0.2, 0) is 0 Å². The van der Waals surface area contributed by atoms with Crippen LogP contribution in [0.2, 0.25) is 0 Å². The molecule has 1 aliphatic rings. The minimum Gasteiger partial charge on any atom is -0.495 e. The van der Waals surface area contributed by atoms with Crippen LogP contribution in [0.15, 0.2) is 59.4 Å². The SMILES string of the molecule is COc1ccc(C#CC2CCCC2)cc1-n1c(=O)ccc2ccccc21. The Labute approximate surface area is 153 Å². The average Bonchev–Trinajstić information content (AvgIpc) is 3.20. The van der Waals surface area contributed by atoms with Gasteiger partial charge in [-0.25, -0.2) is 0 Å². The van der Waals surface area contributed by atoms with Gasteiger partial charge in [-0.1, -0.05) is 42.9 Å². The molecule has 0 amide bonds. The molecule has 1 aliphatic carbocycles. The maximum atomic E-state index is 12.7. The molecule has 0 spiro atoms. The van der Waals surface area contributed by atoms with Crippen molar-refractivity contribution in [1.82, 2.24) is 4.57 Å². The van der Waals surface area contributed by atoms with Crippen molar-refractivity contribution in [3.05, 3.63) is 70.5 Å². The summed E-state index contributed by atoms with van der Waals surface area (Å²) in [5.41, 5.74) is 2.42. The summed E-state index contributed by atoms with van der Waals surface area (Å²) in [7, 11) is 1.62. The molecule has 130 valence electrons. The summed E-state index contributed by atoms with van der Waals surface area (Å²) in [6, 6.07) is 17.1. The zero-order chi connectivity index (χ0) is 17.9. The lowest BCUT2D eigenvalue weighted by Crippen LogP contribution is -2.18. The first-order chi connectivity index (χ1) is 12.8. The number of aromatic nitrogens is 1. The number of pyridine rings is 1. The highest BCUT2D eigenvalue weighted by Gasteiger charge is 2.13. The van der Waals surface area contributed by atoms with Crippen LogP contribution in [0.25, 0.3) is 16.6 Å². The van der Waals surface area contributed by atoms with Gasteiger partial charge in [-0.05, 0) is 48.6 Å². The third-order valence-electron chi connectivity index (χ3n) is 5.00. The number of hydrogen-bond acceptors (Lipinski definition) is 2. The maximum absolute atomic E-state index is 12.7. The molecule has 4 rings (SSSR count). The minimum absolute atomic E-state index is 0.0806. The van der Waals surface area contributed by atoms with Crippen molar-refractivity contribution >= 4 is 10.9 Å². The largest absolute Gasteiger partial charge is 0.495 e. The Morgan fingerprint density at radius 1 is 1.04 bits per heavy atom. The van der Waals surface area contributed by atoms with Crippen LogP contribution in [0.5, 0.6) is 5.75 Å². The van der Waals surface area contributed by atoms with E-state index in [0.717, 1.165) is 22.2 Å². The van der Waals surface area contributed by atoms with E-state index in [1.54, 1.807) is 17.7 Å². The highest BCUT2D eigenvalue weighted by atomic mass is 16.5. The van der Waals surface area contributed by atoms with Gasteiger partial charge in [0.15, 0.2) is 0 Å². The van der Waals surface area contributed by atoms with Crippen LogP contribution in [0.1, 0.15) is 31.2 Å². The van der Waals surface area contributed by atoms with Gasteiger partial charge >= 0.3 is 0 Å². The Morgan fingerprint density at radius 3 is 2.65 bits per heavy atom. The zero-order valence-corrected chi connectivity index (χ0v) is 14.9. The number of rotatable bonds is 2. The smallest absolute Gasteiger partial charge is 0.255 e. The van der Waals surface area contributed by atoms with Crippen molar-refractivity contribution in [1.29, 1.82) is 0 Å². The topological polar surface area (TPSA) is 31.2 Å². The summed E-state index contributed by atoms with van der Waals surface area (Å²) in [6.45, 7) is 0. The summed E-state index contributed by atoms with van der Waals surface area (Å²) < 4.78 is 7.23.